The van der Waals surface area contributed by atoms with E-state index in [-0.39, 0.29) is 0 Å². The van der Waals surface area contributed by atoms with Gasteiger partial charge in [0.25, 0.3) is 0 Å². The van der Waals surface area contributed by atoms with Crippen molar-refractivity contribution in [1.82, 2.24) is 9.55 Å². The Balaban J connectivity index is 1.98. The Bertz CT molecular complexity index is 415. The van der Waals surface area contributed by atoms with Gasteiger partial charge in [-0.2, -0.15) is 11.8 Å². The van der Waals surface area contributed by atoms with Crippen molar-refractivity contribution in [2.75, 3.05) is 11.5 Å². The van der Waals surface area contributed by atoms with E-state index in [9.17, 15) is 5.11 Å². The average Bonchev–Trinajstić information content (AvgIpc) is 2.70. The van der Waals surface area contributed by atoms with Crippen LogP contribution in [0.4, 0.5) is 0 Å². The van der Waals surface area contributed by atoms with Crippen molar-refractivity contribution in [1.29, 1.82) is 0 Å². The second-order valence-electron chi connectivity index (χ2n) is 4.84. The Morgan fingerprint density at radius 1 is 1.29 bits per heavy atom. The van der Waals surface area contributed by atoms with Crippen LogP contribution in [0.3, 0.4) is 0 Å². The molecule has 1 unspecified atom stereocenters. The first-order chi connectivity index (χ1) is 8.27. The Hall–Kier alpha value is -0.190. The van der Waals surface area contributed by atoms with Crippen LogP contribution in [-0.4, -0.2) is 26.2 Å². The highest BCUT2D eigenvalue weighted by molar-refractivity contribution is 7.99. The van der Waals surface area contributed by atoms with Crippen molar-refractivity contribution in [2.24, 2.45) is 0 Å². The number of aliphatic hydroxyl groups is 1. The van der Waals surface area contributed by atoms with E-state index in [2.05, 4.69) is 4.98 Å². The summed E-state index contributed by atoms with van der Waals surface area (Å²) in [6.07, 6.45) is 4.68. The van der Waals surface area contributed by atoms with Gasteiger partial charge in [-0.3, -0.25) is 0 Å². The van der Waals surface area contributed by atoms with Gasteiger partial charge in [-0.15, -0.1) is 0 Å². The molecule has 1 aromatic rings. The molecule has 2 aliphatic rings. The molecule has 3 nitrogen and oxygen atoms in total. The predicted octanol–water partition coefficient (Wildman–Crippen LogP) is 2.97. The van der Waals surface area contributed by atoms with Crippen molar-refractivity contribution in [2.45, 2.75) is 44.2 Å². The Morgan fingerprint density at radius 2 is 2.06 bits per heavy atom. The second-order valence-corrected chi connectivity index (χ2v) is 6.42. The number of imidazole rings is 1. The van der Waals surface area contributed by atoms with Crippen LogP contribution in [0.25, 0.3) is 0 Å². The third-order valence-corrected chi connectivity index (χ3v) is 5.10. The maximum atomic E-state index is 10.1. The zero-order chi connectivity index (χ0) is 11.8. The predicted molar refractivity (Wildman–Crippen MR) is 70.7 cm³/mol. The maximum absolute atomic E-state index is 10.1. The van der Waals surface area contributed by atoms with Gasteiger partial charge in [0.15, 0.2) is 5.15 Å². The molecule has 0 radical (unpaired) electrons. The van der Waals surface area contributed by atoms with Gasteiger partial charge in [-0.05, 0) is 43.6 Å². The van der Waals surface area contributed by atoms with Gasteiger partial charge in [0.2, 0.25) is 0 Å². The molecule has 1 N–H and O–H groups in total. The van der Waals surface area contributed by atoms with Crippen molar-refractivity contribution in [3.63, 3.8) is 0 Å². The van der Waals surface area contributed by atoms with Gasteiger partial charge in [0.05, 0.1) is 5.69 Å². The lowest BCUT2D eigenvalue weighted by Gasteiger charge is -2.27. The molecule has 0 saturated carbocycles. The smallest absolute Gasteiger partial charge is 0.150 e. The quantitative estimate of drug-likeness (QED) is 0.854. The number of rotatable bonds is 1. The summed E-state index contributed by atoms with van der Waals surface area (Å²) < 4.78 is 2.01. The van der Waals surface area contributed by atoms with Crippen LogP contribution in [0.15, 0.2) is 0 Å². The average molecular weight is 273 g/mol. The van der Waals surface area contributed by atoms with Crippen LogP contribution < -0.4 is 0 Å². The number of thioether (sulfide) groups is 1. The molecule has 2 aliphatic heterocycles. The lowest BCUT2D eigenvalue weighted by Crippen LogP contribution is -2.22. The SMILES string of the molecule is OC1CCCc2c(Cl)nc(C3CCSCC3)n21. The molecule has 0 aliphatic carbocycles. The summed E-state index contributed by atoms with van der Waals surface area (Å²) in [5.74, 6) is 3.90. The van der Waals surface area contributed by atoms with Crippen molar-refractivity contribution in [3.05, 3.63) is 16.7 Å². The Kier molecular flexibility index (Phi) is 3.37. The van der Waals surface area contributed by atoms with E-state index in [1.54, 1.807) is 0 Å². The molecule has 94 valence electrons. The van der Waals surface area contributed by atoms with Crippen LogP contribution in [0.5, 0.6) is 0 Å². The molecule has 17 heavy (non-hydrogen) atoms. The lowest BCUT2D eigenvalue weighted by atomic mass is 10.0. The number of hydrogen-bond donors (Lipinski definition) is 1. The number of nitrogens with zero attached hydrogens (tertiary/aromatic N) is 2. The number of hydrogen-bond acceptors (Lipinski definition) is 3. The van der Waals surface area contributed by atoms with Crippen LogP contribution in [0.2, 0.25) is 5.15 Å². The number of aliphatic hydroxyl groups excluding tert-OH is 1. The van der Waals surface area contributed by atoms with Crippen LogP contribution in [-0.2, 0) is 6.42 Å². The fourth-order valence-electron chi connectivity index (χ4n) is 2.84. The summed E-state index contributed by atoms with van der Waals surface area (Å²) in [6.45, 7) is 0. The molecule has 3 heterocycles. The van der Waals surface area contributed by atoms with Gasteiger partial charge in [-0.1, -0.05) is 11.6 Å². The van der Waals surface area contributed by atoms with E-state index >= 15 is 0 Å². The zero-order valence-corrected chi connectivity index (χ0v) is 11.3. The summed E-state index contributed by atoms with van der Waals surface area (Å²) in [4.78, 5) is 4.53. The first-order valence-corrected chi connectivity index (χ1v) is 7.83. The van der Waals surface area contributed by atoms with Gasteiger partial charge in [0, 0.05) is 5.92 Å². The van der Waals surface area contributed by atoms with E-state index in [4.69, 9.17) is 11.6 Å². The van der Waals surface area contributed by atoms with E-state index < -0.39 is 6.23 Å². The highest BCUT2D eigenvalue weighted by Crippen LogP contribution is 2.37. The molecule has 5 heteroatoms. The summed E-state index contributed by atoms with van der Waals surface area (Å²) in [5, 5.41) is 10.8. The molecule has 0 amide bonds. The Labute approximate surface area is 111 Å². The monoisotopic (exact) mass is 272 g/mol. The molecule has 1 saturated heterocycles. The van der Waals surface area contributed by atoms with Crippen molar-refractivity contribution < 1.29 is 5.11 Å². The largest absolute Gasteiger partial charge is 0.373 e. The van der Waals surface area contributed by atoms with Crippen molar-refractivity contribution >= 4 is 23.4 Å². The van der Waals surface area contributed by atoms with Crippen molar-refractivity contribution in [3.8, 4) is 0 Å². The van der Waals surface area contributed by atoms with Gasteiger partial charge >= 0.3 is 0 Å². The molecular weight excluding hydrogens is 256 g/mol. The second kappa shape index (κ2) is 4.82. The van der Waals surface area contributed by atoms with Crippen LogP contribution >= 0.6 is 23.4 Å². The van der Waals surface area contributed by atoms with E-state index in [1.165, 1.54) is 11.5 Å². The van der Waals surface area contributed by atoms with E-state index in [1.807, 2.05) is 16.3 Å². The van der Waals surface area contributed by atoms with Gasteiger partial charge in [0.1, 0.15) is 12.1 Å². The molecule has 0 bridgehead atoms. The zero-order valence-electron chi connectivity index (χ0n) is 9.73. The minimum atomic E-state index is -0.414. The standard InChI is InChI=1S/C12H17ClN2OS/c13-11-9-2-1-3-10(16)15(9)12(14-11)8-4-6-17-7-5-8/h8,10,16H,1-7H2. The highest BCUT2D eigenvalue weighted by Gasteiger charge is 2.29. The van der Waals surface area contributed by atoms with Gasteiger partial charge in [-0.25, -0.2) is 4.98 Å². The summed E-state index contributed by atoms with van der Waals surface area (Å²) in [6, 6.07) is 0. The van der Waals surface area contributed by atoms with Crippen LogP contribution in [0, 0.1) is 0 Å². The van der Waals surface area contributed by atoms with E-state index in [0.29, 0.717) is 11.1 Å². The van der Waals surface area contributed by atoms with Gasteiger partial charge < -0.3 is 9.67 Å². The number of halogens is 1. The molecule has 0 spiro atoms. The molecule has 1 fully saturated rings. The number of fused-ring (bicyclic) bond motifs is 1. The molecule has 1 aromatic heterocycles. The molecular formula is C12H17ClN2OS. The summed E-state index contributed by atoms with van der Waals surface area (Å²) in [5.41, 5.74) is 1.04. The number of aromatic nitrogens is 2. The molecule has 1 atom stereocenters. The lowest BCUT2D eigenvalue weighted by molar-refractivity contribution is 0.0743. The topological polar surface area (TPSA) is 38.1 Å². The minimum absolute atomic E-state index is 0.414. The fraction of sp³-hybridized carbons (Fsp3) is 0.750. The summed E-state index contributed by atoms with van der Waals surface area (Å²) >= 11 is 8.20. The highest BCUT2D eigenvalue weighted by atomic mass is 35.5. The first-order valence-electron chi connectivity index (χ1n) is 6.29. The third-order valence-electron chi connectivity index (χ3n) is 3.75. The normalized spacial score (nSPS) is 25.9. The minimum Gasteiger partial charge on any atom is -0.373 e. The third kappa shape index (κ3) is 2.11. The fourth-order valence-corrected chi connectivity index (χ4v) is 4.22. The molecule has 3 rings (SSSR count). The van der Waals surface area contributed by atoms with Crippen LogP contribution in [0.1, 0.15) is 49.3 Å². The molecule has 0 aromatic carbocycles. The maximum Gasteiger partial charge on any atom is 0.150 e. The first kappa shape index (κ1) is 11.9. The Morgan fingerprint density at radius 3 is 2.82 bits per heavy atom. The van der Waals surface area contributed by atoms with E-state index in [0.717, 1.165) is 43.6 Å². The summed E-state index contributed by atoms with van der Waals surface area (Å²) in [7, 11) is 0.